The quantitative estimate of drug-likeness (QED) is 0.568. The van der Waals surface area contributed by atoms with E-state index in [-0.39, 0.29) is 24.6 Å². The zero-order chi connectivity index (χ0) is 8.69. The molecule has 0 saturated carbocycles. The molecule has 11 heavy (non-hydrogen) atoms. The molecule has 0 bridgehead atoms. The SMILES string of the molecule is N#CC(CCl)[Se]C(C#N)CCl. The molecule has 0 radical (unpaired) electrons. The van der Waals surface area contributed by atoms with E-state index >= 15 is 0 Å². The van der Waals surface area contributed by atoms with Crippen molar-refractivity contribution < 1.29 is 0 Å². The average molecular weight is 256 g/mol. The van der Waals surface area contributed by atoms with Crippen molar-refractivity contribution in [2.24, 2.45) is 0 Å². The summed E-state index contributed by atoms with van der Waals surface area (Å²) in [4.78, 5) is -0.375. The minimum atomic E-state index is -0.187. The van der Waals surface area contributed by atoms with Gasteiger partial charge in [-0.15, -0.1) is 0 Å². The van der Waals surface area contributed by atoms with Gasteiger partial charge in [0.1, 0.15) is 0 Å². The molecular formula is C6H6Cl2N2Se. The van der Waals surface area contributed by atoms with Crippen LogP contribution in [-0.2, 0) is 0 Å². The first-order valence-electron chi connectivity index (χ1n) is 2.85. The van der Waals surface area contributed by atoms with Crippen LogP contribution in [0.1, 0.15) is 0 Å². The number of rotatable bonds is 4. The van der Waals surface area contributed by atoms with Gasteiger partial charge in [0, 0.05) is 0 Å². The molecule has 0 aliphatic carbocycles. The van der Waals surface area contributed by atoms with Crippen molar-refractivity contribution in [3.05, 3.63) is 0 Å². The minimum absolute atomic E-state index is 0.0764. The Kier molecular flexibility index (Phi) is 6.82. The monoisotopic (exact) mass is 256 g/mol. The Morgan fingerprint density at radius 2 is 1.45 bits per heavy atom. The molecular weight excluding hydrogens is 250 g/mol. The predicted molar refractivity (Wildman–Crippen MR) is 45.9 cm³/mol. The van der Waals surface area contributed by atoms with Gasteiger partial charge in [0.15, 0.2) is 0 Å². The van der Waals surface area contributed by atoms with E-state index in [4.69, 9.17) is 33.7 Å². The van der Waals surface area contributed by atoms with Gasteiger partial charge in [-0.3, -0.25) is 0 Å². The van der Waals surface area contributed by atoms with Crippen LogP contribution in [0.2, 0.25) is 9.63 Å². The molecule has 0 aromatic heterocycles. The van der Waals surface area contributed by atoms with Crippen molar-refractivity contribution in [3.8, 4) is 12.1 Å². The molecule has 0 aliphatic heterocycles. The van der Waals surface area contributed by atoms with Crippen molar-refractivity contribution >= 4 is 38.2 Å². The first-order valence-corrected chi connectivity index (χ1v) is 5.89. The molecule has 0 aromatic carbocycles. The van der Waals surface area contributed by atoms with Crippen molar-refractivity contribution in [2.45, 2.75) is 9.63 Å². The Morgan fingerprint density at radius 3 is 1.64 bits per heavy atom. The normalized spacial score (nSPS) is 14.5. The van der Waals surface area contributed by atoms with Gasteiger partial charge in [-0.2, -0.15) is 0 Å². The fraction of sp³-hybridized carbons (Fsp3) is 0.667. The molecule has 0 amide bonds. The molecule has 0 aliphatic rings. The first-order chi connectivity index (χ1) is 5.28. The van der Waals surface area contributed by atoms with Crippen molar-refractivity contribution in [3.63, 3.8) is 0 Å². The fourth-order valence-corrected chi connectivity index (χ4v) is 2.69. The molecule has 2 nitrogen and oxygen atoms in total. The molecule has 0 fully saturated rings. The summed E-state index contributed by atoms with van der Waals surface area (Å²) in [6.45, 7) is 0. The Balaban J connectivity index is 3.82. The maximum absolute atomic E-state index is 8.49. The third-order valence-electron chi connectivity index (χ3n) is 0.897. The number of nitriles is 2. The second-order valence-electron chi connectivity index (χ2n) is 1.68. The molecule has 2 unspecified atom stereocenters. The van der Waals surface area contributed by atoms with Crippen LogP contribution in [0.5, 0.6) is 0 Å². The summed E-state index contributed by atoms with van der Waals surface area (Å²) in [6, 6.07) is 4.07. The van der Waals surface area contributed by atoms with Crippen LogP contribution < -0.4 is 0 Å². The molecule has 2 atom stereocenters. The van der Waals surface area contributed by atoms with Crippen LogP contribution in [0.15, 0.2) is 0 Å². The van der Waals surface area contributed by atoms with Crippen molar-refractivity contribution in [1.82, 2.24) is 0 Å². The second-order valence-corrected chi connectivity index (χ2v) is 5.26. The zero-order valence-electron chi connectivity index (χ0n) is 5.63. The van der Waals surface area contributed by atoms with Gasteiger partial charge < -0.3 is 0 Å². The van der Waals surface area contributed by atoms with Gasteiger partial charge >= 0.3 is 82.2 Å². The summed E-state index contributed by atoms with van der Waals surface area (Å²) >= 11 is 10.9. The number of hydrogen-bond donors (Lipinski definition) is 0. The Morgan fingerprint density at radius 1 is 1.09 bits per heavy atom. The number of alkyl halides is 2. The number of hydrogen-bond acceptors (Lipinski definition) is 2. The van der Waals surface area contributed by atoms with E-state index in [2.05, 4.69) is 0 Å². The number of nitrogens with zero attached hydrogens (tertiary/aromatic N) is 2. The maximum atomic E-state index is 8.49. The van der Waals surface area contributed by atoms with Gasteiger partial charge in [0.05, 0.1) is 0 Å². The van der Waals surface area contributed by atoms with E-state index in [0.717, 1.165) is 0 Å². The van der Waals surface area contributed by atoms with Crippen LogP contribution in [0.4, 0.5) is 0 Å². The number of halogens is 2. The second kappa shape index (κ2) is 6.77. The van der Waals surface area contributed by atoms with Gasteiger partial charge in [-0.25, -0.2) is 0 Å². The van der Waals surface area contributed by atoms with Gasteiger partial charge in [-0.05, 0) is 0 Å². The van der Waals surface area contributed by atoms with E-state index in [9.17, 15) is 0 Å². The van der Waals surface area contributed by atoms with Crippen LogP contribution in [-0.4, -0.2) is 26.7 Å². The van der Waals surface area contributed by atoms with Crippen LogP contribution >= 0.6 is 23.2 Å². The third kappa shape index (κ3) is 4.51. The van der Waals surface area contributed by atoms with E-state index in [1.807, 2.05) is 12.1 Å². The molecule has 0 heterocycles. The van der Waals surface area contributed by atoms with Gasteiger partial charge in [0.2, 0.25) is 0 Å². The van der Waals surface area contributed by atoms with Crippen LogP contribution in [0.25, 0.3) is 0 Å². The van der Waals surface area contributed by atoms with Crippen LogP contribution in [0, 0.1) is 22.7 Å². The van der Waals surface area contributed by atoms with Gasteiger partial charge in [-0.1, -0.05) is 0 Å². The van der Waals surface area contributed by atoms with E-state index in [0.29, 0.717) is 11.8 Å². The predicted octanol–water partition coefficient (Wildman–Crippen LogP) is 1.79. The zero-order valence-corrected chi connectivity index (χ0v) is 8.85. The first kappa shape index (κ1) is 11.1. The molecule has 60 valence electrons. The topological polar surface area (TPSA) is 47.6 Å². The molecule has 0 N–H and O–H groups in total. The third-order valence-corrected chi connectivity index (χ3v) is 4.86. The summed E-state index contributed by atoms with van der Waals surface area (Å²) in [5.74, 6) is 0.594. The molecule has 0 aromatic rings. The Bertz CT molecular complexity index is 164. The summed E-state index contributed by atoms with van der Waals surface area (Å²) < 4.78 is 0. The van der Waals surface area contributed by atoms with Crippen molar-refractivity contribution in [1.29, 1.82) is 10.5 Å². The van der Waals surface area contributed by atoms with Crippen molar-refractivity contribution in [2.75, 3.05) is 11.8 Å². The summed E-state index contributed by atoms with van der Waals surface area (Å²) in [7, 11) is 0. The standard InChI is InChI=1S/C6H6Cl2N2Se/c7-1-5(3-9)11-6(2-8)4-10/h5-6H,1-2H2. The van der Waals surface area contributed by atoms with E-state index in [1.54, 1.807) is 0 Å². The van der Waals surface area contributed by atoms with E-state index in [1.165, 1.54) is 0 Å². The summed E-state index contributed by atoms with van der Waals surface area (Å²) in [5.41, 5.74) is 0. The summed E-state index contributed by atoms with van der Waals surface area (Å²) in [6.07, 6.45) is 0. The van der Waals surface area contributed by atoms with Crippen LogP contribution in [0.3, 0.4) is 0 Å². The molecule has 5 heteroatoms. The molecule has 0 rings (SSSR count). The average Bonchev–Trinajstić information content (AvgIpc) is 2.07. The molecule has 0 spiro atoms. The van der Waals surface area contributed by atoms with E-state index < -0.39 is 0 Å². The Labute approximate surface area is 82.2 Å². The summed E-state index contributed by atoms with van der Waals surface area (Å²) in [5, 5.41) is 17.0. The molecule has 0 saturated heterocycles. The van der Waals surface area contributed by atoms with Gasteiger partial charge in [0.25, 0.3) is 0 Å². The fourth-order valence-electron chi connectivity index (χ4n) is 0.401. The Hall–Kier alpha value is 0.0795.